The van der Waals surface area contributed by atoms with Crippen molar-refractivity contribution < 1.29 is 14.1 Å². The Morgan fingerprint density at radius 1 is 1.38 bits per heavy atom. The molecule has 2 aromatic rings. The number of aromatic nitrogens is 1. The van der Waals surface area contributed by atoms with Gasteiger partial charge in [0.15, 0.2) is 0 Å². The minimum atomic E-state index is 0.359. The van der Waals surface area contributed by atoms with E-state index < -0.39 is 0 Å². The van der Waals surface area contributed by atoms with Gasteiger partial charge in [0.25, 0.3) is 0 Å². The molecule has 1 aromatic carbocycles. The summed E-state index contributed by atoms with van der Waals surface area (Å²) in [5.41, 5.74) is 1.38. The fourth-order valence-corrected chi connectivity index (χ4v) is 1.29. The molecule has 0 unspecified atom stereocenters. The summed E-state index contributed by atoms with van der Waals surface area (Å²) in [6.45, 7) is 2.19. The van der Waals surface area contributed by atoms with Gasteiger partial charge in [0.2, 0.25) is 0 Å². The lowest BCUT2D eigenvalue weighted by atomic mass is 10.2. The third kappa shape index (κ3) is 2.48. The molecule has 4 heteroatoms. The maximum Gasteiger partial charge on any atom is 0.150 e. The fourth-order valence-electron chi connectivity index (χ4n) is 1.29. The van der Waals surface area contributed by atoms with E-state index in [0.29, 0.717) is 17.9 Å². The molecule has 0 aliphatic rings. The fraction of sp³-hybridized carbons (Fsp3) is 0.167. The lowest BCUT2D eigenvalue weighted by Crippen LogP contribution is -1.95. The van der Waals surface area contributed by atoms with Gasteiger partial charge in [-0.1, -0.05) is 5.16 Å². The number of aryl methyl sites for hydroxylation is 1. The number of nitrogens with zero attached hydrogens (tertiary/aromatic N) is 1. The molecule has 0 amide bonds. The first kappa shape index (κ1) is 10.4. The molecule has 16 heavy (non-hydrogen) atoms. The van der Waals surface area contributed by atoms with Gasteiger partial charge in [-0.2, -0.15) is 0 Å². The number of benzene rings is 1. The van der Waals surface area contributed by atoms with Crippen LogP contribution in [0.4, 0.5) is 0 Å². The SMILES string of the molecule is Cc1cc(COc2ccc(C=O)cc2)no1. The summed E-state index contributed by atoms with van der Waals surface area (Å²) in [4.78, 5) is 10.4. The minimum Gasteiger partial charge on any atom is -0.487 e. The van der Waals surface area contributed by atoms with E-state index in [-0.39, 0.29) is 0 Å². The Morgan fingerprint density at radius 3 is 2.69 bits per heavy atom. The standard InChI is InChI=1S/C12H11NO3/c1-9-6-11(13-16-9)8-15-12-4-2-10(7-14)3-5-12/h2-7H,8H2,1H3. The highest BCUT2D eigenvalue weighted by Crippen LogP contribution is 2.13. The van der Waals surface area contributed by atoms with Crippen LogP contribution < -0.4 is 4.74 Å². The largest absolute Gasteiger partial charge is 0.487 e. The summed E-state index contributed by atoms with van der Waals surface area (Å²) in [6, 6.07) is 8.72. The zero-order chi connectivity index (χ0) is 11.4. The van der Waals surface area contributed by atoms with Crippen molar-refractivity contribution in [3.63, 3.8) is 0 Å². The number of rotatable bonds is 4. The molecular weight excluding hydrogens is 206 g/mol. The Bertz CT molecular complexity index is 473. The van der Waals surface area contributed by atoms with E-state index in [2.05, 4.69) is 5.16 Å². The molecule has 4 nitrogen and oxygen atoms in total. The van der Waals surface area contributed by atoms with Crippen LogP contribution in [0.2, 0.25) is 0 Å². The van der Waals surface area contributed by atoms with Gasteiger partial charge in [-0.25, -0.2) is 0 Å². The van der Waals surface area contributed by atoms with Crippen LogP contribution in [-0.2, 0) is 6.61 Å². The van der Waals surface area contributed by atoms with E-state index in [1.54, 1.807) is 24.3 Å². The molecule has 82 valence electrons. The van der Waals surface area contributed by atoms with E-state index in [4.69, 9.17) is 9.26 Å². The zero-order valence-corrected chi connectivity index (χ0v) is 8.84. The van der Waals surface area contributed by atoms with Crippen molar-refractivity contribution in [3.8, 4) is 5.75 Å². The summed E-state index contributed by atoms with van der Waals surface area (Å²) >= 11 is 0. The minimum absolute atomic E-state index is 0.359. The predicted octanol–water partition coefficient (Wildman–Crippen LogP) is 2.37. The number of carbonyl (C=O) groups is 1. The maximum atomic E-state index is 10.4. The van der Waals surface area contributed by atoms with Crippen molar-refractivity contribution in [2.24, 2.45) is 0 Å². The summed E-state index contributed by atoms with van der Waals surface area (Å²) in [5.74, 6) is 1.46. The van der Waals surface area contributed by atoms with Gasteiger partial charge < -0.3 is 9.26 Å². The summed E-state index contributed by atoms with van der Waals surface area (Å²) in [5, 5.41) is 3.81. The molecule has 0 bridgehead atoms. The van der Waals surface area contributed by atoms with Gasteiger partial charge in [0, 0.05) is 11.6 Å². The molecule has 1 aromatic heterocycles. The molecule has 0 aliphatic carbocycles. The Balaban J connectivity index is 1.96. The van der Waals surface area contributed by atoms with Crippen LogP contribution in [0.5, 0.6) is 5.75 Å². The van der Waals surface area contributed by atoms with Crippen molar-refractivity contribution in [2.75, 3.05) is 0 Å². The summed E-state index contributed by atoms with van der Waals surface area (Å²) in [7, 11) is 0. The average Bonchev–Trinajstić information content (AvgIpc) is 2.73. The second-order valence-corrected chi connectivity index (χ2v) is 3.40. The normalized spacial score (nSPS) is 10.1. The van der Waals surface area contributed by atoms with E-state index in [1.165, 1.54) is 0 Å². The number of aldehydes is 1. The first-order chi connectivity index (χ1) is 7.78. The average molecular weight is 217 g/mol. The van der Waals surface area contributed by atoms with Gasteiger partial charge in [-0.3, -0.25) is 4.79 Å². The van der Waals surface area contributed by atoms with Gasteiger partial charge in [-0.15, -0.1) is 0 Å². The lowest BCUT2D eigenvalue weighted by Gasteiger charge is -2.02. The third-order valence-corrected chi connectivity index (χ3v) is 2.08. The molecule has 2 rings (SSSR count). The molecule has 0 saturated carbocycles. The van der Waals surface area contributed by atoms with Gasteiger partial charge in [0.1, 0.15) is 30.1 Å². The van der Waals surface area contributed by atoms with Crippen molar-refractivity contribution in [2.45, 2.75) is 13.5 Å². The molecule has 0 saturated heterocycles. The second-order valence-electron chi connectivity index (χ2n) is 3.40. The van der Waals surface area contributed by atoms with Crippen molar-refractivity contribution in [3.05, 3.63) is 47.3 Å². The molecule has 0 N–H and O–H groups in total. The van der Waals surface area contributed by atoms with Crippen molar-refractivity contribution >= 4 is 6.29 Å². The Morgan fingerprint density at radius 2 is 2.12 bits per heavy atom. The van der Waals surface area contributed by atoms with Crippen LogP contribution in [0.25, 0.3) is 0 Å². The second kappa shape index (κ2) is 4.61. The van der Waals surface area contributed by atoms with Crippen LogP contribution in [0.3, 0.4) is 0 Å². The summed E-state index contributed by atoms with van der Waals surface area (Å²) in [6.07, 6.45) is 0.796. The van der Waals surface area contributed by atoms with E-state index in [1.807, 2.05) is 13.0 Å². The van der Waals surface area contributed by atoms with Crippen molar-refractivity contribution in [1.82, 2.24) is 5.16 Å². The van der Waals surface area contributed by atoms with Gasteiger partial charge >= 0.3 is 0 Å². The molecule has 0 aliphatic heterocycles. The topological polar surface area (TPSA) is 52.3 Å². The Labute approximate surface area is 92.8 Å². The monoisotopic (exact) mass is 217 g/mol. The zero-order valence-electron chi connectivity index (χ0n) is 8.84. The first-order valence-electron chi connectivity index (χ1n) is 4.88. The number of hydrogen-bond donors (Lipinski definition) is 0. The van der Waals surface area contributed by atoms with Crippen LogP contribution in [0, 0.1) is 6.92 Å². The number of ether oxygens (including phenoxy) is 1. The van der Waals surface area contributed by atoms with Crippen LogP contribution in [-0.4, -0.2) is 11.4 Å². The Kier molecular flexibility index (Phi) is 3.00. The molecule has 0 radical (unpaired) electrons. The highest BCUT2D eigenvalue weighted by Gasteiger charge is 2.01. The Hall–Kier alpha value is -2.10. The number of carbonyl (C=O) groups excluding carboxylic acids is 1. The van der Waals surface area contributed by atoms with Crippen molar-refractivity contribution in [1.29, 1.82) is 0 Å². The smallest absolute Gasteiger partial charge is 0.150 e. The maximum absolute atomic E-state index is 10.4. The van der Waals surface area contributed by atoms with E-state index in [9.17, 15) is 4.79 Å². The quantitative estimate of drug-likeness (QED) is 0.738. The molecule has 0 atom stereocenters. The van der Waals surface area contributed by atoms with Crippen LogP contribution >= 0.6 is 0 Å². The highest BCUT2D eigenvalue weighted by molar-refractivity contribution is 5.74. The number of hydrogen-bond acceptors (Lipinski definition) is 4. The predicted molar refractivity (Wildman–Crippen MR) is 57.4 cm³/mol. The van der Waals surface area contributed by atoms with E-state index in [0.717, 1.165) is 17.7 Å². The lowest BCUT2D eigenvalue weighted by molar-refractivity contribution is 0.112. The van der Waals surface area contributed by atoms with Gasteiger partial charge in [0.05, 0.1) is 0 Å². The molecule has 1 heterocycles. The highest BCUT2D eigenvalue weighted by atomic mass is 16.5. The van der Waals surface area contributed by atoms with Gasteiger partial charge in [-0.05, 0) is 31.2 Å². The van der Waals surface area contributed by atoms with E-state index >= 15 is 0 Å². The van der Waals surface area contributed by atoms with Crippen LogP contribution in [0.1, 0.15) is 21.8 Å². The first-order valence-corrected chi connectivity index (χ1v) is 4.88. The van der Waals surface area contributed by atoms with Crippen LogP contribution in [0.15, 0.2) is 34.9 Å². The molecular formula is C12H11NO3. The summed E-state index contributed by atoms with van der Waals surface area (Å²) < 4.78 is 10.4. The molecule has 0 spiro atoms. The molecule has 0 fully saturated rings. The third-order valence-electron chi connectivity index (χ3n) is 2.08.